The van der Waals surface area contributed by atoms with Gasteiger partial charge in [0.1, 0.15) is 5.75 Å². The average molecular weight is 474 g/mol. The Morgan fingerprint density at radius 2 is 1.69 bits per heavy atom. The summed E-state index contributed by atoms with van der Waals surface area (Å²) in [6.07, 6.45) is 4.63. The number of aromatic nitrogens is 1. The van der Waals surface area contributed by atoms with Crippen LogP contribution in [-0.2, 0) is 16.6 Å². The average Bonchev–Trinajstić information content (AvgIpc) is 3.19. The van der Waals surface area contributed by atoms with Crippen LogP contribution in [0.3, 0.4) is 0 Å². The second-order valence-corrected chi connectivity index (χ2v) is 10.7. The Bertz CT molecular complexity index is 1180. The smallest absolute Gasteiger partial charge is 0.242 e. The highest BCUT2D eigenvalue weighted by Gasteiger charge is 2.17. The monoisotopic (exact) mass is 473 g/mol. The topological polar surface area (TPSA) is 63.9 Å². The number of hydrogen-bond donors (Lipinski definition) is 0. The van der Waals surface area contributed by atoms with E-state index in [2.05, 4.69) is 16.9 Å². The molecule has 0 spiro atoms. The van der Waals surface area contributed by atoms with Gasteiger partial charge in [-0.3, -0.25) is 0 Å². The van der Waals surface area contributed by atoms with Gasteiger partial charge in [-0.1, -0.05) is 38.3 Å². The number of methoxy groups -OCH3 is 1. The molecule has 0 aliphatic carbocycles. The first kappa shape index (κ1) is 24.2. The number of unbranched alkanes of at least 4 members (excludes halogenated alkanes) is 3. The molecule has 172 valence electrons. The van der Waals surface area contributed by atoms with Crippen LogP contribution in [0.2, 0.25) is 0 Å². The molecule has 0 N–H and O–H groups in total. The van der Waals surface area contributed by atoms with Gasteiger partial charge < -0.3 is 9.30 Å². The van der Waals surface area contributed by atoms with Gasteiger partial charge in [-0.25, -0.2) is 17.7 Å². The molecular weight excluding hydrogens is 442 g/mol. The van der Waals surface area contributed by atoms with Crippen LogP contribution in [0.5, 0.6) is 5.75 Å². The molecule has 0 saturated carbocycles. The molecule has 0 bridgehead atoms. The third-order valence-corrected chi connectivity index (χ3v) is 7.95. The summed E-state index contributed by atoms with van der Waals surface area (Å²) in [7, 11) is 1.28. The normalized spacial score (nSPS) is 12.5. The molecule has 8 heteroatoms. The number of thiazole rings is 1. The van der Waals surface area contributed by atoms with E-state index in [0.717, 1.165) is 40.5 Å². The Morgan fingerprint density at radius 3 is 2.28 bits per heavy atom. The van der Waals surface area contributed by atoms with Gasteiger partial charge in [-0.05, 0) is 48.4 Å². The molecule has 0 saturated heterocycles. The van der Waals surface area contributed by atoms with E-state index in [1.807, 2.05) is 36.4 Å². The fourth-order valence-electron chi connectivity index (χ4n) is 3.34. The lowest BCUT2D eigenvalue weighted by Gasteiger charge is -2.13. The maximum atomic E-state index is 12.4. The first-order valence-electron chi connectivity index (χ1n) is 10.8. The maximum absolute atomic E-state index is 12.4. The van der Waals surface area contributed by atoms with Crippen molar-refractivity contribution >= 4 is 27.0 Å². The zero-order valence-corrected chi connectivity index (χ0v) is 20.7. The third-order valence-electron chi connectivity index (χ3n) is 5.26. The summed E-state index contributed by atoms with van der Waals surface area (Å²) in [6.45, 7) is 3.07. The minimum Gasteiger partial charge on any atom is -0.497 e. The summed E-state index contributed by atoms with van der Waals surface area (Å²) in [5, 5.41) is 2.09. The van der Waals surface area contributed by atoms with Crippen molar-refractivity contribution in [2.45, 2.75) is 44.0 Å². The number of sulfonamides is 1. The highest BCUT2D eigenvalue weighted by Crippen LogP contribution is 2.24. The van der Waals surface area contributed by atoms with Gasteiger partial charge in [0.05, 0.1) is 23.4 Å². The molecule has 0 atom stereocenters. The molecule has 0 fully saturated rings. The Balaban J connectivity index is 1.98. The van der Waals surface area contributed by atoms with Crippen LogP contribution >= 0.6 is 11.3 Å². The predicted molar refractivity (Wildman–Crippen MR) is 131 cm³/mol. The minimum absolute atomic E-state index is 0.291. The largest absolute Gasteiger partial charge is 0.497 e. The quantitative estimate of drug-likeness (QED) is 0.376. The summed E-state index contributed by atoms with van der Waals surface area (Å²) >= 11 is 1.59. The van der Waals surface area contributed by atoms with Crippen molar-refractivity contribution in [2.75, 3.05) is 21.2 Å². The second kappa shape index (κ2) is 10.9. The van der Waals surface area contributed by atoms with E-state index in [0.29, 0.717) is 4.90 Å². The Kier molecular flexibility index (Phi) is 8.28. The van der Waals surface area contributed by atoms with Gasteiger partial charge in [0.2, 0.25) is 10.0 Å². The van der Waals surface area contributed by atoms with Gasteiger partial charge in [0.15, 0.2) is 4.80 Å². The second-order valence-electron chi connectivity index (χ2n) is 7.74. The van der Waals surface area contributed by atoms with Gasteiger partial charge in [-0.15, -0.1) is 11.3 Å². The van der Waals surface area contributed by atoms with Crippen LogP contribution in [0.4, 0.5) is 5.69 Å². The first-order valence-corrected chi connectivity index (χ1v) is 13.1. The Hall–Kier alpha value is -2.42. The summed E-state index contributed by atoms with van der Waals surface area (Å²) < 4.78 is 33.5. The fraction of sp³-hybridized carbons (Fsp3) is 0.375. The Labute approximate surface area is 194 Å². The number of ether oxygens (including phenoxy) is 1. The summed E-state index contributed by atoms with van der Waals surface area (Å²) in [6, 6.07) is 14.8. The molecule has 6 nitrogen and oxygen atoms in total. The van der Waals surface area contributed by atoms with E-state index in [1.54, 1.807) is 44.7 Å². The Morgan fingerprint density at radius 1 is 1.00 bits per heavy atom. The molecule has 0 amide bonds. The molecule has 3 rings (SSSR count). The van der Waals surface area contributed by atoms with E-state index >= 15 is 0 Å². The van der Waals surface area contributed by atoms with Crippen LogP contribution in [-0.4, -0.2) is 38.5 Å². The highest BCUT2D eigenvalue weighted by molar-refractivity contribution is 7.89. The van der Waals surface area contributed by atoms with Crippen molar-refractivity contribution in [1.82, 2.24) is 8.87 Å². The molecule has 1 heterocycles. The van der Waals surface area contributed by atoms with E-state index < -0.39 is 10.0 Å². The molecule has 0 aliphatic heterocycles. The lowest BCUT2D eigenvalue weighted by atomic mass is 10.1. The van der Waals surface area contributed by atoms with Crippen molar-refractivity contribution in [3.63, 3.8) is 0 Å². The van der Waals surface area contributed by atoms with E-state index in [-0.39, 0.29) is 0 Å². The zero-order valence-electron chi connectivity index (χ0n) is 19.1. The summed E-state index contributed by atoms with van der Waals surface area (Å²) in [5.74, 6) is 0.802. The molecule has 0 radical (unpaired) electrons. The molecule has 0 aliphatic rings. The van der Waals surface area contributed by atoms with Crippen LogP contribution in [0, 0.1) is 0 Å². The van der Waals surface area contributed by atoms with Crippen LogP contribution in [0.1, 0.15) is 32.6 Å². The van der Waals surface area contributed by atoms with Gasteiger partial charge in [-0.2, -0.15) is 0 Å². The van der Waals surface area contributed by atoms with Crippen molar-refractivity contribution in [3.05, 3.63) is 58.7 Å². The number of hydrogen-bond acceptors (Lipinski definition) is 5. The van der Waals surface area contributed by atoms with Gasteiger partial charge >= 0.3 is 0 Å². The van der Waals surface area contributed by atoms with Crippen LogP contribution in [0.15, 0.2) is 63.8 Å². The van der Waals surface area contributed by atoms with E-state index in [4.69, 9.17) is 9.73 Å². The van der Waals surface area contributed by atoms with E-state index in [1.165, 1.54) is 23.6 Å². The van der Waals surface area contributed by atoms with Crippen LogP contribution in [0.25, 0.3) is 11.3 Å². The van der Waals surface area contributed by atoms with Gasteiger partial charge in [0.25, 0.3) is 0 Å². The van der Waals surface area contributed by atoms with Crippen molar-refractivity contribution in [3.8, 4) is 17.0 Å². The SMILES string of the molecule is CCCCCCn1c(-c2ccc(S(=O)(=O)N(C)C)cc2)csc1=Nc1ccc(OC)cc1. The summed E-state index contributed by atoms with van der Waals surface area (Å²) in [4.78, 5) is 6.08. The molecule has 32 heavy (non-hydrogen) atoms. The molecule has 1 aromatic heterocycles. The van der Waals surface area contributed by atoms with Crippen molar-refractivity contribution in [1.29, 1.82) is 0 Å². The first-order chi connectivity index (χ1) is 15.4. The minimum atomic E-state index is -3.45. The molecule has 2 aromatic carbocycles. The van der Waals surface area contributed by atoms with Crippen molar-refractivity contribution in [2.24, 2.45) is 4.99 Å². The maximum Gasteiger partial charge on any atom is 0.242 e. The third kappa shape index (κ3) is 5.68. The highest BCUT2D eigenvalue weighted by atomic mass is 32.2. The van der Waals surface area contributed by atoms with Gasteiger partial charge in [0, 0.05) is 26.0 Å². The van der Waals surface area contributed by atoms with Crippen LogP contribution < -0.4 is 9.54 Å². The summed E-state index contributed by atoms with van der Waals surface area (Å²) in [5.41, 5.74) is 2.90. The standard InChI is InChI=1S/C24H31N3O3S2/c1-5-6-7-8-17-27-23(19-9-15-22(16-10-19)32(28,29)26(2)3)18-31-24(27)25-20-11-13-21(30-4)14-12-20/h9-16,18H,5-8,17H2,1-4H3. The number of benzene rings is 2. The zero-order chi connectivity index (χ0) is 23.1. The fourth-order valence-corrected chi connectivity index (χ4v) is 5.19. The molecule has 0 unspecified atom stereocenters. The van der Waals surface area contributed by atoms with Crippen molar-refractivity contribution < 1.29 is 13.2 Å². The van der Waals surface area contributed by atoms with E-state index in [9.17, 15) is 8.42 Å². The predicted octanol–water partition coefficient (Wildman–Crippen LogP) is 5.29. The lowest BCUT2D eigenvalue weighted by Crippen LogP contribution is -2.22. The lowest BCUT2D eigenvalue weighted by molar-refractivity contribution is 0.415. The molecular formula is C24H31N3O3S2. The number of nitrogens with zero attached hydrogens (tertiary/aromatic N) is 3. The number of rotatable bonds is 10. The molecule has 3 aromatic rings.